The molecule has 0 spiro atoms. The molecule has 2 rings (SSSR count). The maximum absolute atomic E-state index is 5.88. The van der Waals surface area contributed by atoms with Crippen molar-refractivity contribution in [2.75, 3.05) is 5.43 Å². The minimum Gasteiger partial charge on any atom is -0.437 e. The molecule has 1 aromatic heterocycles. The predicted octanol–water partition coefficient (Wildman–Crippen LogP) is 4.20. The molecule has 20 heavy (non-hydrogen) atoms. The highest BCUT2D eigenvalue weighted by atomic mass is 79.9. The average Bonchev–Trinajstić information content (AvgIpc) is 2.42. The number of hydrogen-bond acceptors (Lipinski definition) is 5. The topological polar surface area (TPSA) is 73.1 Å². The molecule has 0 fully saturated rings. The van der Waals surface area contributed by atoms with Crippen LogP contribution in [0.2, 0.25) is 0 Å². The fourth-order valence-electron chi connectivity index (χ4n) is 1.69. The van der Waals surface area contributed by atoms with Crippen LogP contribution in [0.4, 0.5) is 5.82 Å². The Labute approximate surface area is 134 Å². The van der Waals surface area contributed by atoms with E-state index in [1.165, 1.54) is 6.33 Å². The Kier molecular flexibility index (Phi) is 4.95. The van der Waals surface area contributed by atoms with E-state index in [4.69, 9.17) is 10.6 Å². The number of nitrogens with two attached hydrogens (primary N) is 1. The first-order valence-electron chi connectivity index (χ1n) is 5.97. The van der Waals surface area contributed by atoms with Crippen LogP contribution in [0.5, 0.6) is 11.6 Å². The number of ether oxygens (including phenoxy) is 1. The quantitative estimate of drug-likeness (QED) is 0.593. The molecule has 5 nitrogen and oxygen atoms in total. The molecule has 0 aliphatic carbocycles. The first kappa shape index (κ1) is 15.2. The second-order valence-corrected chi connectivity index (χ2v) is 6.13. The molecule has 7 heteroatoms. The van der Waals surface area contributed by atoms with Crippen molar-refractivity contribution in [1.29, 1.82) is 0 Å². The number of anilines is 1. The Morgan fingerprint density at radius 2 is 2.00 bits per heavy atom. The summed E-state index contributed by atoms with van der Waals surface area (Å²) in [6, 6.07) is 5.87. The standard InChI is InChI=1S/C13H14Br2N4O/c1-7(2)9-5-8(14)3-4-10(9)20-13-11(15)12(19-16)17-6-18-13/h3-7H,16H2,1-2H3,(H,17,18,19). The molecule has 0 unspecified atom stereocenters. The van der Waals surface area contributed by atoms with Crippen LogP contribution < -0.4 is 16.0 Å². The van der Waals surface area contributed by atoms with Gasteiger partial charge in [-0.05, 0) is 45.6 Å². The number of rotatable bonds is 4. The van der Waals surface area contributed by atoms with Gasteiger partial charge in [0, 0.05) is 4.47 Å². The van der Waals surface area contributed by atoms with Crippen molar-refractivity contribution in [2.24, 2.45) is 5.84 Å². The normalized spacial score (nSPS) is 10.7. The molecule has 0 atom stereocenters. The summed E-state index contributed by atoms with van der Waals surface area (Å²) < 4.78 is 7.48. The van der Waals surface area contributed by atoms with E-state index >= 15 is 0 Å². The largest absolute Gasteiger partial charge is 0.437 e. The second-order valence-electron chi connectivity index (χ2n) is 4.42. The Morgan fingerprint density at radius 1 is 1.25 bits per heavy atom. The monoisotopic (exact) mass is 400 g/mol. The maximum atomic E-state index is 5.88. The lowest BCUT2D eigenvalue weighted by Gasteiger charge is -2.15. The van der Waals surface area contributed by atoms with Gasteiger partial charge in [-0.1, -0.05) is 29.8 Å². The number of hydrazine groups is 1. The van der Waals surface area contributed by atoms with Crippen molar-refractivity contribution in [3.8, 4) is 11.6 Å². The van der Waals surface area contributed by atoms with Crippen molar-refractivity contribution in [3.05, 3.63) is 39.0 Å². The fourth-order valence-corrected chi connectivity index (χ4v) is 2.47. The number of benzene rings is 1. The summed E-state index contributed by atoms with van der Waals surface area (Å²) in [5.74, 6) is 7.35. The van der Waals surface area contributed by atoms with Gasteiger partial charge in [0.15, 0.2) is 5.82 Å². The van der Waals surface area contributed by atoms with Crippen LogP contribution in [0.15, 0.2) is 33.5 Å². The van der Waals surface area contributed by atoms with E-state index in [-0.39, 0.29) is 0 Å². The van der Waals surface area contributed by atoms with Gasteiger partial charge < -0.3 is 10.2 Å². The summed E-state index contributed by atoms with van der Waals surface area (Å²) >= 11 is 6.84. The van der Waals surface area contributed by atoms with Crippen LogP contribution in [-0.4, -0.2) is 9.97 Å². The highest BCUT2D eigenvalue weighted by Gasteiger charge is 2.14. The number of halogens is 2. The molecule has 0 aliphatic heterocycles. The SMILES string of the molecule is CC(C)c1cc(Br)ccc1Oc1ncnc(NN)c1Br. The van der Waals surface area contributed by atoms with Gasteiger partial charge in [0.25, 0.3) is 0 Å². The Hall–Kier alpha value is -1.18. The number of nitrogen functional groups attached to an aromatic ring is 1. The highest BCUT2D eigenvalue weighted by molar-refractivity contribution is 9.11. The van der Waals surface area contributed by atoms with Crippen molar-refractivity contribution in [1.82, 2.24) is 9.97 Å². The number of aromatic nitrogens is 2. The highest BCUT2D eigenvalue weighted by Crippen LogP contribution is 2.36. The molecule has 0 amide bonds. The minimum absolute atomic E-state index is 0.329. The zero-order valence-corrected chi connectivity index (χ0v) is 14.2. The molecule has 0 aliphatic rings. The van der Waals surface area contributed by atoms with Crippen LogP contribution >= 0.6 is 31.9 Å². The van der Waals surface area contributed by atoms with Crippen molar-refractivity contribution < 1.29 is 4.74 Å². The van der Waals surface area contributed by atoms with Crippen LogP contribution in [0.3, 0.4) is 0 Å². The van der Waals surface area contributed by atoms with Crippen molar-refractivity contribution in [2.45, 2.75) is 19.8 Å². The van der Waals surface area contributed by atoms with Gasteiger partial charge in [-0.3, -0.25) is 0 Å². The van der Waals surface area contributed by atoms with E-state index in [2.05, 4.69) is 61.1 Å². The minimum atomic E-state index is 0.329. The van der Waals surface area contributed by atoms with E-state index < -0.39 is 0 Å². The first-order chi connectivity index (χ1) is 9.52. The Morgan fingerprint density at radius 3 is 2.65 bits per heavy atom. The molecule has 1 heterocycles. The third kappa shape index (κ3) is 3.28. The van der Waals surface area contributed by atoms with Gasteiger partial charge in [0.05, 0.1) is 0 Å². The molecule has 106 valence electrons. The molecule has 0 saturated carbocycles. The van der Waals surface area contributed by atoms with Gasteiger partial charge in [0.2, 0.25) is 5.88 Å². The van der Waals surface area contributed by atoms with Gasteiger partial charge in [-0.2, -0.15) is 0 Å². The van der Waals surface area contributed by atoms with Gasteiger partial charge in [0.1, 0.15) is 16.5 Å². The van der Waals surface area contributed by atoms with Crippen molar-refractivity contribution in [3.63, 3.8) is 0 Å². The maximum Gasteiger partial charge on any atom is 0.238 e. The summed E-state index contributed by atoms with van der Waals surface area (Å²) in [6.45, 7) is 4.22. The number of nitrogens with one attached hydrogen (secondary N) is 1. The molecular formula is C13H14Br2N4O. The predicted molar refractivity (Wildman–Crippen MR) is 85.8 cm³/mol. The molecular weight excluding hydrogens is 388 g/mol. The molecule has 0 saturated heterocycles. The second kappa shape index (κ2) is 6.51. The van der Waals surface area contributed by atoms with E-state index in [9.17, 15) is 0 Å². The van der Waals surface area contributed by atoms with Crippen LogP contribution in [-0.2, 0) is 0 Å². The Bertz CT molecular complexity index is 619. The summed E-state index contributed by atoms with van der Waals surface area (Å²) in [5.41, 5.74) is 3.57. The third-order valence-electron chi connectivity index (χ3n) is 2.69. The van der Waals surface area contributed by atoms with Crippen LogP contribution in [0.25, 0.3) is 0 Å². The molecule has 0 bridgehead atoms. The molecule has 3 N–H and O–H groups in total. The van der Waals surface area contributed by atoms with Crippen LogP contribution in [0, 0.1) is 0 Å². The summed E-state index contributed by atoms with van der Waals surface area (Å²) in [6.07, 6.45) is 1.39. The van der Waals surface area contributed by atoms with E-state index in [1.807, 2.05) is 18.2 Å². The van der Waals surface area contributed by atoms with Gasteiger partial charge >= 0.3 is 0 Å². The van der Waals surface area contributed by atoms with Gasteiger partial charge in [-0.25, -0.2) is 15.8 Å². The summed E-state index contributed by atoms with van der Waals surface area (Å²) in [7, 11) is 0. The third-order valence-corrected chi connectivity index (χ3v) is 3.90. The smallest absolute Gasteiger partial charge is 0.238 e. The van der Waals surface area contributed by atoms with Crippen molar-refractivity contribution >= 4 is 37.7 Å². The molecule has 2 aromatic rings. The summed E-state index contributed by atoms with van der Waals surface area (Å²) in [4.78, 5) is 8.11. The number of nitrogens with zero attached hydrogens (tertiary/aromatic N) is 2. The van der Waals surface area contributed by atoms with Crippen LogP contribution in [0.1, 0.15) is 25.3 Å². The van der Waals surface area contributed by atoms with E-state index in [1.54, 1.807) is 0 Å². The molecule has 0 radical (unpaired) electrons. The lowest BCUT2D eigenvalue weighted by Crippen LogP contribution is -2.10. The number of hydrogen-bond donors (Lipinski definition) is 2. The summed E-state index contributed by atoms with van der Waals surface area (Å²) in [5, 5.41) is 0. The average molecular weight is 402 g/mol. The zero-order valence-electron chi connectivity index (χ0n) is 11.0. The Balaban J connectivity index is 2.40. The fraction of sp³-hybridized carbons (Fsp3) is 0.231. The molecule has 1 aromatic carbocycles. The van der Waals surface area contributed by atoms with Gasteiger partial charge in [-0.15, -0.1) is 0 Å². The lowest BCUT2D eigenvalue weighted by molar-refractivity contribution is 0.450. The van der Waals surface area contributed by atoms with E-state index in [0.29, 0.717) is 22.1 Å². The lowest BCUT2D eigenvalue weighted by atomic mass is 10.0. The van der Waals surface area contributed by atoms with E-state index in [0.717, 1.165) is 15.8 Å². The first-order valence-corrected chi connectivity index (χ1v) is 7.56. The zero-order chi connectivity index (χ0) is 14.7.